The summed E-state index contributed by atoms with van der Waals surface area (Å²) in [4.78, 5) is 16.1. The van der Waals surface area contributed by atoms with E-state index in [-0.39, 0.29) is 11.3 Å². The van der Waals surface area contributed by atoms with Crippen molar-refractivity contribution in [3.63, 3.8) is 0 Å². The van der Waals surface area contributed by atoms with E-state index in [0.29, 0.717) is 16.3 Å². The van der Waals surface area contributed by atoms with Gasteiger partial charge in [-0.2, -0.15) is 0 Å². The van der Waals surface area contributed by atoms with Gasteiger partial charge < -0.3 is 5.32 Å². The topological polar surface area (TPSA) is 42.0 Å². The van der Waals surface area contributed by atoms with Crippen LogP contribution < -0.4 is 5.32 Å². The fourth-order valence-corrected chi connectivity index (χ4v) is 2.07. The highest BCUT2D eigenvalue weighted by Crippen LogP contribution is 2.27. The Bertz CT molecular complexity index is 618. The van der Waals surface area contributed by atoms with E-state index in [2.05, 4.69) is 31.1 Å². The Kier molecular flexibility index (Phi) is 4.09. The average molecular weight is 289 g/mol. The highest BCUT2D eigenvalue weighted by atomic mass is 35.5. The molecular formula is C16H17ClN2O. The van der Waals surface area contributed by atoms with Gasteiger partial charge in [0.2, 0.25) is 0 Å². The molecule has 2 rings (SSSR count). The Balaban J connectivity index is 2.23. The number of pyridine rings is 1. The first kappa shape index (κ1) is 14.5. The molecule has 0 fully saturated rings. The minimum absolute atomic E-state index is 0.00372. The number of carbonyl (C=O) groups excluding carboxylic acids is 1. The van der Waals surface area contributed by atoms with Crippen LogP contribution in [0, 0.1) is 0 Å². The maximum atomic E-state index is 12.2. The second kappa shape index (κ2) is 5.63. The van der Waals surface area contributed by atoms with Gasteiger partial charge in [0.1, 0.15) is 0 Å². The van der Waals surface area contributed by atoms with Gasteiger partial charge >= 0.3 is 0 Å². The van der Waals surface area contributed by atoms with Crippen molar-refractivity contribution < 1.29 is 4.79 Å². The average Bonchev–Trinajstić information content (AvgIpc) is 2.38. The Hall–Kier alpha value is -1.87. The number of amides is 1. The van der Waals surface area contributed by atoms with Gasteiger partial charge in [-0.25, -0.2) is 0 Å². The Morgan fingerprint density at radius 3 is 2.35 bits per heavy atom. The molecule has 4 heteroatoms. The smallest absolute Gasteiger partial charge is 0.257 e. The van der Waals surface area contributed by atoms with Crippen LogP contribution in [0.2, 0.25) is 5.02 Å². The molecule has 1 aromatic carbocycles. The van der Waals surface area contributed by atoms with Gasteiger partial charge in [-0.15, -0.1) is 0 Å². The molecule has 20 heavy (non-hydrogen) atoms. The van der Waals surface area contributed by atoms with E-state index < -0.39 is 0 Å². The Labute approximate surface area is 124 Å². The number of hydrogen-bond acceptors (Lipinski definition) is 2. The fourth-order valence-electron chi connectivity index (χ4n) is 1.80. The summed E-state index contributed by atoms with van der Waals surface area (Å²) in [6.07, 6.45) is 3.25. The maximum Gasteiger partial charge on any atom is 0.257 e. The van der Waals surface area contributed by atoms with Crippen molar-refractivity contribution in [1.29, 1.82) is 0 Å². The van der Waals surface area contributed by atoms with E-state index in [1.165, 1.54) is 0 Å². The van der Waals surface area contributed by atoms with Gasteiger partial charge in [-0.1, -0.05) is 38.4 Å². The van der Waals surface area contributed by atoms with Crippen molar-refractivity contribution in [2.24, 2.45) is 0 Å². The Morgan fingerprint density at radius 1 is 1.15 bits per heavy atom. The molecule has 1 amide bonds. The van der Waals surface area contributed by atoms with Crippen LogP contribution in [0.4, 0.5) is 5.69 Å². The zero-order valence-electron chi connectivity index (χ0n) is 11.8. The lowest BCUT2D eigenvalue weighted by atomic mass is 9.86. The van der Waals surface area contributed by atoms with Crippen LogP contribution in [0.3, 0.4) is 0 Å². The first-order valence-electron chi connectivity index (χ1n) is 6.39. The normalized spacial score (nSPS) is 11.2. The van der Waals surface area contributed by atoms with E-state index >= 15 is 0 Å². The summed E-state index contributed by atoms with van der Waals surface area (Å²) in [5, 5.41) is 3.26. The lowest BCUT2D eigenvalue weighted by molar-refractivity contribution is 0.102. The zero-order chi connectivity index (χ0) is 14.8. The number of halogens is 1. The fraction of sp³-hybridized carbons (Fsp3) is 0.250. The van der Waals surface area contributed by atoms with E-state index in [9.17, 15) is 4.79 Å². The molecule has 0 saturated carbocycles. The number of carbonyl (C=O) groups is 1. The van der Waals surface area contributed by atoms with Crippen molar-refractivity contribution >= 4 is 23.2 Å². The lowest BCUT2D eigenvalue weighted by Gasteiger charge is -2.20. The molecule has 0 aliphatic rings. The van der Waals surface area contributed by atoms with Gasteiger partial charge in [-0.05, 0) is 35.2 Å². The summed E-state index contributed by atoms with van der Waals surface area (Å²) in [5.41, 5.74) is 2.27. The van der Waals surface area contributed by atoms with Crippen molar-refractivity contribution in [3.8, 4) is 0 Å². The third-order valence-electron chi connectivity index (χ3n) is 3.02. The summed E-state index contributed by atoms with van der Waals surface area (Å²) in [7, 11) is 0. The monoisotopic (exact) mass is 288 g/mol. The second-order valence-electron chi connectivity index (χ2n) is 5.63. The molecule has 0 aliphatic heterocycles. The summed E-state index contributed by atoms with van der Waals surface area (Å²) in [6, 6.07) is 9.01. The van der Waals surface area contributed by atoms with Gasteiger partial charge in [-0.3, -0.25) is 9.78 Å². The zero-order valence-corrected chi connectivity index (χ0v) is 12.5. The van der Waals surface area contributed by atoms with Crippen LogP contribution in [0.25, 0.3) is 0 Å². The lowest BCUT2D eigenvalue weighted by Crippen LogP contribution is -2.15. The quantitative estimate of drug-likeness (QED) is 0.896. The number of anilines is 1. The Morgan fingerprint density at radius 2 is 1.80 bits per heavy atom. The van der Waals surface area contributed by atoms with Crippen molar-refractivity contribution in [1.82, 2.24) is 4.98 Å². The van der Waals surface area contributed by atoms with Crippen molar-refractivity contribution in [2.45, 2.75) is 26.2 Å². The third kappa shape index (κ3) is 3.36. The van der Waals surface area contributed by atoms with Gasteiger partial charge in [0.25, 0.3) is 5.91 Å². The molecule has 0 aliphatic carbocycles. The van der Waals surface area contributed by atoms with E-state index in [1.807, 2.05) is 12.1 Å². The predicted octanol–water partition coefficient (Wildman–Crippen LogP) is 4.28. The second-order valence-corrected chi connectivity index (χ2v) is 6.04. The van der Waals surface area contributed by atoms with Gasteiger partial charge in [0.05, 0.1) is 10.6 Å². The van der Waals surface area contributed by atoms with Crippen molar-refractivity contribution in [3.05, 3.63) is 58.9 Å². The summed E-state index contributed by atoms with van der Waals surface area (Å²) in [5.74, 6) is -0.221. The van der Waals surface area contributed by atoms with E-state index in [0.717, 1.165) is 5.56 Å². The van der Waals surface area contributed by atoms with Gasteiger partial charge in [0.15, 0.2) is 0 Å². The molecule has 2 aromatic rings. The summed E-state index contributed by atoms with van der Waals surface area (Å²) >= 11 is 6.22. The van der Waals surface area contributed by atoms with Crippen LogP contribution in [0.5, 0.6) is 0 Å². The third-order valence-corrected chi connectivity index (χ3v) is 3.33. The van der Waals surface area contributed by atoms with Crippen LogP contribution in [0.1, 0.15) is 36.7 Å². The van der Waals surface area contributed by atoms with E-state index in [1.54, 1.807) is 30.6 Å². The van der Waals surface area contributed by atoms with E-state index in [4.69, 9.17) is 11.6 Å². The largest absolute Gasteiger partial charge is 0.322 e. The standard InChI is InChI=1S/C16H17ClN2O/c1-16(2,3)11-4-5-13(14(17)10-11)15(20)19-12-6-8-18-9-7-12/h4-10H,1-3H3,(H,18,19,20). The number of nitrogens with one attached hydrogen (secondary N) is 1. The molecule has 1 aromatic heterocycles. The molecule has 0 radical (unpaired) electrons. The molecule has 104 valence electrons. The highest BCUT2D eigenvalue weighted by Gasteiger charge is 2.17. The van der Waals surface area contributed by atoms with Crippen LogP contribution in [-0.2, 0) is 5.41 Å². The predicted molar refractivity (Wildman–Crippen MR) is 82.3 cm³/mol. The summed E-state index contributed by atoms with van der Waals surface area (Å²) < 4.78 is 0. The maximum absolute atomic E-state index is 12.2. The van der Waals surface area contributed by atoms with Gasteiger partial charge in [0, 0.05) is 18.1 Å². The minimum Gasteiger partial charge on any atom is -0.322 e. The molecule has 1 N–H and O–H groups in total. The van der Waals surface area contributed by atoms with Crippen molar-refractivity contribution in [2.75, 3.05) is 5.32 Å². The molecule has 0 saturated heterocycles. The minimum atomic E-state index is -0.221. The highest BCUT2D eigenvalue weighted by molar-refractivity contribution is 6.34. The number of aromatic nitrogens is 1. The first-order chi connectivity index (χ1) is 9.38. The first-order valence-corrected chi connectivity index (χ1v) is 6.77. The molecular weight excluding hydrogens is 272 g/mol. The number of nitrogens with zero attached hydrogens (tertiary/aromatic N) is 1. The molecule has 1 heterocycles. The molecule has 3 nitrogen and oxygen atoms in total. The van der Waals surface area contributed by atoms with Crippen LogP contribution >= 0.6 is 11.6 Å². The molecule has 0 spiro atoms. The number of rotatable bonds is 2. The molecule has 0 atom stereocenters. The number of hydrogen-bond donors (Lipinski definition) is 1. The number of benzene rings is 1. The molecule has 0 bridgehead atoms. The summed E-state index contributed by atoms with van der Waals surface area (Å²) in [6.45, 7) is 6.32. The molecule has 0 unspecified atom stereocenters. The van der Waals surface area contributed by atoms with Crippen LogP contribution in [0.15, 0.2) is 42.7 Å². The SMILES string of the molecule is CC(C)(C)c1ccc(C(=O)Nc2ccncc2)c(Cl)c1. The van der Waals surface area contributed by atoms with Crippen LogP contribution in [-0.4, -0.2) is 10.9 Å².